The molecule has 0 fully saturated rings. The van der Waals surface area contributed by atoms with Gasteiger partial charge in [0.05, 0.1) is 5.41 Å². The van der Waals surface area contributed by atoms with Crippen LogP contribution in [0.2, 0.25) is 13.1 Å². The van der Waals surface area contributed by atoms with E-state index in [1.54, 1.807) is 0 Å². The van der Waals surface area contributed by atoms with Gasteiger partial charge in [0.2, 0.25) is 0 Å². The van der Waals surface area contributed by atoms with Gasteiger partial charge in [0, 0.05) is 17.1 Å². The molecule has 1 nitrogen and oxygen atoms in total. The van der Waals surface area contributed by atoms with Gasteiger partial charge in [-0.1, -0.05) is 219 Å². The van der Waals surface area contributed by atoms with E-state index in [1.807, 2.05) is 0 Å². The van der Waals surface area contributed by atoms with Crippen molar-refractivity contribution < 1.29 is 0 Å². The lowest BCUT2D eigenvalue weighted by Crippen LogP contribution is -2.49. The van der Waals surface area contributed by atoms with E-state index in [1.165, 1.54) is 88.3 Å². The third-order valence-electron chi connectivity index (χ3n) is 14.2. The Labute approximate surface area is 383 Å². The van der Waals surface area contributed by atoms with Crippen LogP contribution in [0.15, 0.2) is 249 Å². The molecule has 0 radical (unpaired) electrons. The van der Waals surface area contributed by atoms with Gasteiger partial charge in [-0.25, -0.2) is 0 Å². The molecule has 1 atom stereocenters. The summed E-state index contributed by atoms with van der Waals surface area (Å²) in [5.74, 6) is 0. The fraction of sp³-hybridized carbons (Fsp3) is 0.0476. The van der Waals surface area contributed by atoms with Crippen molar-refractivity contribution in [1.82, 2.24) is 0 Å². The molecule has 0 aromatic heterocycles. The second-order valence-electron chi connectivity index (χ2n) is 18.1. The van der Waals surface area contributed by atoms with Crippen LogP contribution in [0.25, 0.3) is 55.6 Å². The van der Waals surface area contributed by atoms with Crippen molar-refractivity contribution in [2.24, 2.45) is 0 Å². The Morgan fingerprint density at radius 3 is 1.29 bits per heavy atom. The molecule has 0 N–H and O–H groups in total. The normalized spacial score (nSPS) is 15.1. The Balaban J connectivity index is 0.976. The highest BCUT2D eigenvalue weighted by Crippen LogP contribution is 2.57. The van der Waals surface area contributed by atoms with Gasteiger partial charge in [-0.3, -0.25) is 0 Å². The minimum Gasteiger partial charge on any atom is -0.311 e. The van der Waals surface area contributed by atoms with E-state index in [2.05, 4.69) is 267 Å². The molecular formula is C63H47NSi. The average Bonchev–Trinajstić information content (AvgIpc) is 3.80. The van der Waals surface area contributed by atoms with E-state index in [-0.39, 0.29) is 0 Å². The van der Waals surface area contributed by atoms with Crippen molar-refractivity contribution in [3.8, 4) is 55.6 Å². The van der Waals surface area contributed by atoms with Crippen molar-refractivity contribution >= 4 is 35.5 Å². The number of hydrogen-bond acceptors (Lipinski definition) is 1. The predicted molar refractivity (Wildman–Crippen MR) is 277 cm³/mol. The number of hydrogen-bond donors (Lipinski definition) is 0. The predicted octanol–water partition coefficient (Wildman–Crippen LogP) is 15.3. The summed E-state index contributed by atoms with van der Waals surface area (Å²) in [6.45, 7) is 5.05. The fourth-order valence-electron chi connectivity index (χ4n) is 11.0. The molecule has 0 spiro atoms. The maximum Gasteiger partial charge on any atom is 0.113 e. The van der Waals surface area contributed by atoms with Crippen LogP contribution in [-0.2, 0) is 5.41 Å². The van der Waals surface area contributed by atoms with Gasteiger partial charge in [0.1, 0.15) is 8.07 Å². The first-order chi connectivity index (χ1) is 32.0. The third kappa shape index (κ3) is 6.28. The zero-order valence-electron chi connectivity index (χ0n) is 36.6. The first-order valence-corrected chi connectivity index (χ1v) is 25.7. The number of nitrogens with zero attached hydrogens (tertiary/aromatic N) is 1. The summed E-state index contributed by atoms with van der Waals surface area (Å²) in [6.07, 6.45) is 0. The highest BCUT2D eigenvalue weighted by atomic mass is 28.3. The van der Waals surface area contributed by atoms with Crippen LogP contribution in [0.3, 0.4) is 0 Å². The Morgan fingerprint density at radius 1 is 0.292 bits per heavy atom. The van der Waals surface area contributed by atoms with Gasteiger partial charge >= 0.3 is 0 Å². The van der Waals surface area contributed by atoms with Crippen molar-refractivity contribution in [3.63, 3.8) is 0 Å². The molecule has 10 aromatic carbocycles. The molecule has 65 heavy (non-hydrogen) atoms. The molecular weight excluding hydrogens is 799 g/mol. The Morgan fingerprint density at radius 2 is 0.708 bits per heavy atom. The summed E-state index contributed by atoms with van der Waals surface area (Å²) in [5, 5.41) is 3.06. The van der Waals surface area contributed by atoms with Gasteiger partial charge in [0.15, 0.2) is 0 Å². The Bertz CT molecular complexity index is 3270. The lowest BCUT2D eigenvalue weighted by molar-refractivity contribution is 0.769. The molecule has 1 heterocycles. The highest BCUT2D eigenvalue weighted by Gasteiger charge is 2.47. The number of rotatable bonds is 8. The topological polar surface area (TPSA) is 3.24 Å². The van der Waals surface area contributed by atoms with Crippen molar-refractivity contribution in [1.29, 1.82) is 0 Å². The second kappa shape index (κ2) is 15.5. The molecule has 12 rings (SSSR count). The molecule has 1 aliphatic carbocycles. The highest BCUT2D eigenvalue weighted by molar-refractivity contribution is 7.03. The second-order valence-corrected chi connectivity index (χ2v) is 22.4. The van der Waals surface area contributed by atoms with E-state index in [0.717, 1.165) is 17.1 Å². The lowest BCUT2D eigenvalue weighted by Gasteiger charge is -2.35. The first kappa shape index (κ1) is 38.9. The monoisotopic (exact) mass is 845 g/mol. The summed E-state index contributed by atoms with van der Waals surface area (Å²) in [5.41, 5.74) is 20.8. The van der Waals surface area contributed by atoms with Crippen molar-refractivity contribution in [3.05, 3.63) is 271 Å². The van der Waals surface area contributed by atoms with Crippen LogP contribution >= 0.6 is 0 Å². The molecule has 0 amide bonds. The maximum absolute atomic E-state index is 2.59. The molecule has 1 unspecified atom stereocenters. The summed E-state index contributed by atoms with van der Waals surface area (Å²) in [7, 11) is -1.95. The van der Waals surface area contributed by atoms with Gasteiger partial charge in [-0.15, -0.1) is 0 Å². The van der Waals surface area contributed by atoms with Crippen molar-refractivity contribution in [2.75, 3.05) is 4.90 Å². The van der Waals surface area contributed by atoms with Crippen LogP contribution in [0.5, 0.6) is 0 Å². The standard InChI is InChI=1S/C63H47NSi/c1-65(2)61-25-15-13-23-57(61)58-41-33-51(43-62(58)65)63(50-20-10-5-11-21-50)59-24-14-12-22-55(59)56-40-32-49(42-60(56)63)48-30-38-54(39-31-48)64(52-34-26-46(27-35-52)44-16-6-3-7-17-44)53-36-28-47(29-37-53)45-18-8-4-9-19-45/h3-43H,1-2H3. The number of fused-ring (bicyclic) bond motifs is 6. The van der Waals surface area contributed by atoms with Gasteiger partial charge in [0.25, 0.3) is 0 Å². The van der Waals surface area contributed by atoms with Crippen LogP contribution in [0.1, 0.15) is 22.3 Å². The van der Waals surface area contributed by atoms with Crippen LogP contribution in [-0.4, -0.2) is 8.07 Å². The fourth-order valence-corrected chi connectivity index (χ4v) is 14.1. The molecule has 308 valence electrons. The summed E-state index contributed by atoms with van der Waals surface area (Å²) in [6, 6.07) is 92.3. The van der Waals surface area contributed by atoms with Crippen LogP contribution in [0, 0.1) is 0 Å². The quantitative estimate of drug-likeness (QED) is 0.138. The lowest BCUT2D eigenvalue weighted by atomic mass is 9.67. The molecule has 0 bridgehead atoms. The molecule has 2 aliphatic rings. The number of benzene rings is 10. The SMILES string of the molecule is C[Si]1(C)c2ccccc2-c2ccc(C3(c4ccccc4)c4ccccc4-c4ccc(-c5ccc(N(c6ccc(-c7ccccc7)cc6)c6ccc(-c7ccccc7)cc6)cc5)cc43)cc21. The molecule has 0 saturated heterocycles. The van der Waals surface area contributed by atoms with Gasteiger partial charge < -0.3 is 4.90 Å². The Kier molecular flexibility index (Phi) is 9.26. The Hall–Kier alpha value is -7.78. The van der Waals surface area contributed by atoms with E-state index >= 15 is 0 Å². The minimum atomic E-state index is -1.95. The molecule has 2 heteroatoms. The summed E-state index contributed by atoms with van der Waals surface area (Å²) >= 11 is 0. The molecule has 0 saturated carbocycles. The zero-order valence-corrected chi connectivity index (χ0v) is 37.6. The van der Waals surface area contributed by atoms with E-state index < -0.39 is 13.5 Å². The minimum absolute atomic E-state index is 0.494. The van der Waals surface area contributed by atoms with E-state index in [9.17, 15) is 0 Å². The molecule has 1 aliphatic heterocycles. The smallest absolute Gasteiger partial charge is 0.113 e. The van der Waals surface area contributed by atoms with Crippen molar-refractivity contribution in [2.45, 2.75) is 18.5 Å². The average molecular weight is 846 g/mol. The number of anilines is 3. The largest absolute Gasteiger partial charge is 0.311 e. The maximum atomic E-state index is 2.59. The van der Waals surface area contributed by atoms with Gasteiger partial charge in [-0.2, -0.15) is 0 Å². The van der Waals surface area contributed by atoms with E-state index in [4.69, 9.17) is 0 Å². The van der Waals surface area contributed by atoms with Gasteiger partial charge in [-0.05, 0) is 131 Å². The van der Waals surface area contributed by atoms with E-state index in [0.29, 0.717) is 0 Å². The zero-order chi connectivity index (χ0) is 43.5. The first-order valence-electron chi connectivity index (χ1n) is 22.7. The molecule has 10 aromatic rings. The third-order valence-corrected chi connectivity index (χ3v) is 17.7. The summed E-state index contributed by atoms with van der Waals surface area (Å²) in [4.78, 5) is 2.37. The summed E-state index contributed by atoms with van der Waals surface area (Å²) < 4.78 is 0. The van der Waals surface area contributed by atoms with Crippen LogP contribution in [0.4, 0.5) is 17.1 Å². The van der Waals surface area contributed by atoms with Crippen LogP contribution < -0.4 is 15.3 Å².